The van der Waals surface area contributed by atoms with Crippen molar-refractivity contribution < 1.29 is 9.59 Å². The second-order valence-corrected chi connectivity index (χ2v) is 6.13. The highest BCUT2D eigenvalue weighted by Gasteiger charge is 2.45. The van der Waals surface area contributed by atoms with Gasteiger partial charge in [-0.3, -0.25) is 4.79 Å². The first-order valence-electron chi connectivity index (χ1n) is 8.14. The molecule has 1 aliphatic heterocycles. The molecule has 0 atom stereocenters. The molecule has 22 heavy (non-hydrogen) atoms. The molecule has 1 aliphatic carbocycles. The van der Waals surface area contributed by atoms with Gasteiger partial charge >= 0.3 is 6.03 Å². The number of hydrogen-bond donors (Lipinski definition) is 3. The number of nitrogens with one attached hydrogen (secondary N) is 3. The molecule has 3 amide bonds. The summed E-state index contributed by atoms with van der Waals surface area (Å²) in [6.45, 7) is 4.02. The van der Waals surface area contributed by atoms with Gasteiger partial charge in [-0.2, -0.15) is 0 Å². The van der Waals surface area contributed by atoms with Gasteiger partial charge in [0.05, 0.1) is 0 Å². The number of likely N-dealkylation sites (tertiary alicyclic amines) is 1. The molecule has 2 aliphatic rings. The smallest absolute Gasteiger partial charge is 0.315 e. The third kappa shape index (κ3) is 4.26. The second kappa shape index (κ2) is 8.58. The minimum absolute atomic E-state index is 0. The van der Waals surface area contributed by atoms with E-state index in [2.05, 4.69) is 16.0 Å². The lowest BCUT2D eigenvalue weighted by atomic mass is 9.93. The monoisotopic (exact) mass is 332 g/mol. The van der Waals surface area contributed by atoms with Crippen LogP contribution in [0.25, 0.3) is 0 Å². The molecule has 2 fully saturated rings. The summed E-state index contributed by atoms with van der Waals surface area (Å²) in [5.74, 6) is 0.112. The third-order valence-electron chi connectivity index (χ3n) is 4.75. The van der Waals surface area contributed by atoms with Crippen molar-refractivity contribution >= 4 is 24.3 Å². The van der Waals surface area contributed by atoms with E-state index < -0.39 is 5.54 Å². The van der Waals surface area contributed by atoms with Crippen LogP contribution in [0.15, 0.2) is 0 Å². The van der Waals surface area contributed by atoms with Gasteiger partial charge in [0.15, 0.2) is 0 Å². The summed E-state index contributed by atoms with van der Waals surface area (Å²) in [6.07, 6.45) is 5.50. The van der Waals surface area contributed by atoms with E-state index in [1.54, 1.807) is 0 Å². The summed E-state index contributed by atoms with van der Waals surface area (Å²) in [4.78, 5) is 26.7. The van der Waals surface area contributed by atoms with Gasteiger partial charge in [-0.05, 0) is 39.7 Å². The van der Waals surface area contributed by atoms with Crippen LogP contribution in [0.3, 0.4) is 0 Å². The van der Waals surface area contributed by atoms with Gasteiger partial charge in [-0.1, -0.05) is 12.8 Å². The van der Waals surface area contributed by atoms with Gasteiger partial charge in [-0.15, -0.1) is 12.4 Å². The molecule has 1 saturated carbocycles. The summed E-state index contributed by atoms with van der Waals surface area (Å²) in [5, 5.41) is 8.97. The number of hydrogen-bond acceptors (Lipinski definition) is 3. The highest BCUT2D eigenvalue weighted by Crippen LogP contribution is 2.32. The summed E-state index contributed by atoms with van der Waals surface area (Å²) in [5.41, 5.74) is -0.675. The molecule has 0 bridgehead atoms. The van der Waals surface area contributed by atoms with Crippen molar-refractivity contribution in [3.63, 3.8) is 0 Å². The number of carbonyl (C=O) groups excluding carboxylic acids is 2. The van der Waals surface area contributed by atoms with Crippen LogP contribution in [-0.2, 0) is 4.79 Å². The van der Waals surface area contributed by atoms with Gasteiger partial charge in [0.2, 0.25) is 5.91 Å². The Kier molecular flexibility index (Phi) is 7.42. The van der Waals surface area contributed by atoms with Crippen molar-refractivity contribution in [3.8, 4) is 0 Å². The fraction of sp³-hybridized carbons (Fsp3) is 0.867. The Bertz CT molecular complexity index is 378. The summed E-state index contributed by atoms with van der Waals surface area (Å²) >= 11 is 0. The molecule has 1 heterocycles. The Morgan fingerprint density at radius 3 is 2.27 bits per heavy atom. The lowest BCUT2D eigenvalue weighted by molar-refractivity contribution is -0.139. The van der Waals surface area contributed by atoms with Crippen LogP contribution in [0, 0.1) is 0 Å². The van der Waals surface area contributed by atoms with Crippen LogP contribution in [0.1, 0.15) is 45.4 Å². The molecule has 0 aromatic heterocycles. The number of piperidine rings is 1. The Morgan fingerprint density at radius 1 is 1.18 bits per heavy atom. The van der Waals surface area contributed by atoms with E-state index in [9.17, 15) is 9.59 Å². The predicted octanol–water partition coefficient (Wildman–Crippen LogP) is 1.25. The van der Waals surface area contributed by atoms with Crippen molar-refractivity contribution in [2.24, 2.45) is 0 Å². The van der Waals surface area contributed by atoms with Crippen molar-refractivity contribution in [1.29, 1.82) is 0 Å². The zero-order valence-corrected chi connectivity index (χ0v) is 14.4. The fourth-order valence-electron chi connectivity index (χ4n) is 3.47. The van der Waals surface area contributed by atoms with Crippen LogP contribution in [0.5, 0.6) is 0 Å². The molecule has 0 aromatic carbocycles. The van der Waals surface area contributed by atoms with Gasteiger partial charge in [0, 0.05) is 25.7 Å². The highest BCUT2D eigenvalue weighted by molar-refractivity contribution is 5.91. The predicted molar refractivity (Wildman–Crippen MR) is 89.3 cm³/mol. The van der Waals surface area contributed by atoms with E-state index in [1.807, 2.05) is 18.9 Å². The maximum absolute atomic E-state index is 12.9. The highest BCUT2D eigenvalue weighted by atomic mass is 35.5. The Labute approximate surface area is 139 Å². The van der Waals surface area contributed by atoms with Crippen LogP contribution in [0.2, 0.25) is 0 Å². The molecule has 3 N–H and O–H groups in total. The van der Waals surface area contributed by atoms with Crippen molar-refractivity contribution in [3.05, 3.63) is 0 Å². The fourth-order valence-corrected chi connectivity index (χ4v) is 3.47. The maximum atomic E-state index is 12.9. The molecule has 2 rings (SSSR count). The second-order valence-electron chi connectivity index (χ2n) is 6.13. The molecule has 1 saturated heterocycles. The Balaban J connectivity index is 0.00000242. The van der Waals surface area contributed by atoms with E-state index in [0.717, 1.165) is 51.6 Å². The lowest BCUT2D eigenvalue weighted by Gasteiger charge is -2.38. The average Bonchev–Trinajstić information content (AvgIpc) is 2.96. The van der Waals surface area contributed by atoms with E-state index >= 15 is 0 Å². The quantitative estimate of drug-likeness (QED) is 0.725. The summed E-state index contributed by atoms with van der Waals surface area (Å²) < 4.78 is 0. The Hall–Kier alpha value is -1.01. The first-order chi connectivity index (χ1) is 10.1. The van der Waals surface area contributed by atoms with Gasteiger partial charge in [0.25, 0.3) is 0 Å². The van der Waals surface area contributed by atoms with Crippen molar-refractivity contribution in [2.75, 3.05) is 26.7 Å². The molecule has 0 radical (unpaired) electrons. The molecule has 0 spiro atoms. The minimum atomic E-state index is -0.675. The molecule has 128 valence electrons. The standard InChI is InChI=1S/C15H28N4O2.ClH/c1-3-17-14(21)18-15(8-4-5-9-15)13(20)19-10-6-12(16-2)7-11-19;/h12,16H,3-11H2,1-2H3,(H2,17,18,21);1H. The number of urea groups is 1. The maximum Gasteiger partial charge on any atom is 0.315 e. The van der Waals surface area contributed by atoms with Crippen LogP contribution >= 0.6 is 12.4 Å². The summed E-state index contributed by atoms with van der Waals surface area (Å²) in [7, 11) is 1.97. The van der Waals surface area contributed by atoms with Crippen LogP contribution < -0.4 is 16.0 Å². The first kappa shape index (κ1) is 19.0. The normalized spacial score (nSPS) is 21.1. The third-order valence-corrected chi connectivity index (χ3v) is 4.75. The van der Waals surface area contributed by atoms with E-state index in [4.69, 9.17) is 0 Å². The zero-order chi connectivity index (χ0) is 15.3. The molecule has 7 heteroatoms. The zero-order valence-electron chi connectivity index (χ0n) is 13.6. The molecular weight excluding hydrogens is 304 g/mol. The van der Waals surface area contributed by atoms with Crippen LogP contribution in [-0.4, -0.2) is 55.1 Å². The average molecular weight is 333 g/mol. The van der Waals surface area contributed by atoms with Crippen LogP contribution in [0.4, 0.5) is 4.79 Å². The van der Waals surface area contributed by atoms with Gasteiger partial charge in [-0.25, -0.2) is 4.79 Å². The number of rotatable bonds is 4. The van der Waals surface area contributed by atoms with Crippen molar-refractivity contribution in [2.45, 2.75) is 57.0 Å². The van der Waals surface area contributed by atoms with E-state index in [0.29, 0.717) is 12.6 Å². The first-order valence-corrected chi connectivity index (χ1v) is 8.14. The van der Waals surface area contributed by atoms with Gasteiger partial charge in [0.1, 0.15) is 5.54 Å². The Morgan fingerprint density at radius 2 is 1.77 bits per heavy atom. The topological polar surface area (TPSA) is 73.5 Å². The largest absolute Gasteiger partial charge is 0.341 e. The summed E-state index contributed by atoms with van der Waals surface area (Å²) in [6, 6.07) is 0.280. The number of carbonyl (C=O) groups is 2. The lowest BCUT2D eigenvalue weighted by Crippen LogP contribution is -2.61. The molecule has 6 nitrogen and oxygen atoms in total. The van der Waals surface area contributed by atoms with Gasteiger partial charge < -0.3 is 20.9 Å². The SMILES string of the molecule is CCNC(=O)NC1(C(=O)N2CCC(NC)CC2)CCCC1.Cl. The van der Waals surface area contributed by atoms with E-state index in [1.165, 1.54) is 0 Å². The molecule has 0 aromatic rings. The van der Waals surface area contributed by atoms with E-state index in [-0.39, 0.29) is 24.3 Å². The number of nitrogens with zero attached hydrogens (tertiary/aromatic N) is 1. The minimum Gasteiger partial charge on any atom is -0.341 e. The number of halogens is 1. The number of amides is 3. The molecular formula is C15H29ClN4O2. The van der Waals surface area contributed by atoms with Crippen molar-refractivity contribution in [1.82, 2.24) is 20.9 Å². The molecule has 0 unspecified atom stereocenters.